The van der Waals surface area contributed by atoms with Crippen LogP contribution in [-0.4, -0.2) is 5.97 Å². The van der Waals surface area contributed by atoms with Gasteiger partial charge in [-0.05, 0) is 30.0 Å². The Bertz CT molecular complexity index is 355. The van der Waals surface area contributed by atoms with Gasteiger partial charge in [-0.25, -0.2) is 4.79 Å². The molecule has 0 spiro atoms. The first kappa shape index (κ1) is 11.5. The molecule has 0 aromatic heterocycles. The summed E-state index contributed by atoms with van der Waals surface area (Å²) in [5.41, 5.74) is 1.19. The summed E-state index contributed by atoms with van der Waals surface area (Å²) in [6.45, 7) is 7.64. The van der Waals surface area contributed by atoms with Gasteiger partial charge in [0.1, 0.15) is 5.75 Å². The van der Waals surface area contributed by atoms with Crippen LogP contribution in [0.5, 0.6) is 5.75 Å². The van der Waals surface area contributed by atoms with Crippen LogP contribution >= 0.6 is 0 Å². The minimum Gasteiger partial charge on any atom is -0.423 e. The van der Waals surface area contributed by atoms with Crippen molar-refractivity contribution >= 4 is 5.97 Å². The summed E-state index contributed by atoms with van der Waals surface area (Å²) in [7, 11) is 0. The highest BCUT2D eigenvalue weighted by molar-refractivity contribution is 5.83. The molecular weight excluding hydrogens is 188 g/mol. The lowest BCUT2D eigenvalue weighted by atomic mass is 9.99. The molecule has 1 aromatic rings. The average molecular weight is 204 g/mol. The van der Waals surface area contributed by atoms with Gasteiger partial charge < -0.3 is 4.74 Å². The maximum absolute atomic E-state index is 11.0. The number of hydrogen-bond acceptors (Lipinski definition) is 2. The van der Waals surface area contributed by atoms with Gasteiger partial charge in [-0.1, -0.05) is 32.6 Å². The highest BCUT2D eigenvalue weighted by Crippen LogP contribution is 2.22. The maximum atomic E-state index is 11.0. The smallest absolute Gasteiger partial charge is 0.335 e. The van der Waals surface area contributed by atoms with E-state index in [0.717, 1.165) is 12.5 Å². The predicted molar refractivity (Wildman–Crippen MR) is 61.0 cm³/mol. The van der Waals surface area contributed by atoms with Gasteiger partial charge in [-0.3, -0.25) is 0 Å². The molecule has 0 fully saturated rings. The van der Waals surface area contributed by atoms with E-state index in [1.165, 1.54) is 5.56 Å². The molecule has 0 amide bonds. The maximum Gasteiger partial charge on any atom is 0.335 e. The Kier molecular flexibility index (Phi) is 4.10. The van der Waals surface area contributed by atoms with E-state index in [-0.39, 0.29) is 0 Å². The van der Waals surface area contributed by atoms with Gasteiger partial charge in [0.2, 0.25) is 0 Å². The summed E-state index contributed by atoms with van der Waals surface area (Å²) in [4.78, 5) is 11.0. The lowest BCUT2D eigenvalue weighted by Crippen LogP contribution is -2.03. The van der Waals surface area contributed by atoms with Gasteiger partial charge in [-0.2, -0.15) is 0 Å². The normalized spacial score (nSPS) is 11.9. The van der Waals surface area contributed by atoms with Crippen molar-refractivity contribution < 1.29 is 9.53 Å². The number of carbonyl (C=O) groups excluding carboxylic acids is 1. The van der Waals surface area contributed by atoms with Crippen molar-refractivity contribution in [2.75, 3.05) is 0 Å². The third-order valence-corrected chi connectivity index (χ3v) is 2.42. The summed E-state index contributed by atoms with van der Waals surface area (Å²) in [5, 5.41) is 0. The van der Waals surface area contributed by atoms with E-state index in [2.05, 4.69) is 20.4 Å². The lowest BCUT2D eigenvalue weighted by Gasteiger charge is -2.10. The number of rotatable bonds is 4. The molecule has 1 rings (SSSR count). The summed E-state index contributed by atoms with van der Waals surface area (Å²) in [6.07, 6.45) is 2.23. The Morgan fingerprint density at radius 2 is 2.33 bits per heavy atom. The van der Waals surface area contributed by atoms with Gasteiger partial charge >= 0.3 is 5.97 Å². The minimum atomic E-state index is -0.420. The Morgan fingerprint density at radius 3 is 2.93 bits per heavy atom. The number of benzene rings is 1. The van der Waals surface area contributed by atoms with Crippen LogP contribution in [0.3, 0.4) is 0 Å². The van der Waals surface area contributed by atoms with Crippen molar-refractivity contribution in [1.82, 2.24) is 0 Å². The van der Waals surface area contributed by atoms with E-state index in [4.69, 9.17) is 4.74 Å². The van der Waals surface area contributed by atoms with Crippen molar-refractivity contribution in [3.8, 4) is 5.75 Å². The molecule has 2 heteroatoms. The van der Waals surface area contributed by atoms with Crippen LogP contribution in [0.15, 0.2) is 36.9 Å². The molecule has 2 nitrogen and oxygen atoms in total. The SMILES string of the molecule is C=CC(=O)Oc1cccc(C(C)CC)c1. The average Bonchev–Trinajstić information content (AvgIpc) is 2.28. The lowest BCUT2D eigenvalue weighted by molar-refractivity contribution is -0.128. The summed E-state index contributed by atoms with van der Waals surface area (Å²) in [5.74, 6) is 0.640. The summed E-state index contributed by atoms with van der Waals surface area (Å²) < 4.78 is 5.04. The molecule has 0 saturated heterocycles. The Hall–Kier alpha value is -1.57. The fourth-order valence-corrected chi connectivity index (χ4v) is 1.28. The standard InChI is InChI=1S/C13H16O2/c1-4-10(3)11-7-6-8-12(9-11)15-13(14)5-2/h5-10H,2,4H2,1,3H3. The van der Waals surface area contributed by atoms with Crippen molar-refractivity contribution in [2.45, 2.75) is 26.2 Å². The second-order valence-corrected chi connectivity index (χ2v) is 3.51. The molecule has 0 aliphatic heterocycles. The molecule has 1 aromatic carbocycles. The molecule has 80 valence electrons. The van der Waals surface area contributed by atoms with E-state index in [1.807, 2.05) is 18.2 Å². The summed E-state index contributed by atoms with van der Waals surface area (Å²) in [6, 6.07) is 7.61. The largest absolute Gasteiger partial charge is 0.423 e. The van der Waals surface area contributed by atoms with Gasteiger partial charge in [-0.15, -0.1) is 0 Å². The quantitative estimate of drug-likeness (QED) is 0.427. The minimum absolute atomic E-state index is 0.420. The van der Waals surface area contributed by atoms with Crippen molar-refractivity contribution in [1.29, 1.82) is 0 Å². The van der Waals surface area contributed by atoms with E-state index < -0.39 is 5.97 Å². The Labute approximate surface area is 90.6 Å². The summed E-state index contributed by atoms with van der Waals surface area (Å²) >= 11 is 0. The number of esters is 1. The van der Waals surface area contributed by atoms with Gasteiger partial charge in [0.25, 0.3) is 0 Å². The third-order valence-electron chi connectivity index (χ3n) is 2.42. The zero-order valence-corrected chi connectivity index (χ0v) is 9.19. The molecule has 0 heterocycles. The van der Waals surface area contributed by atoms with Crippen LogP contribution in [0.4, 0.5) is 0 Å². The van der Waals surface area contributed by atoms with Crippen LogP contribution in [-0.2, 0) is 4.79 Å². The molecule has 0 bridgehead atoms. The fraction of sp³-hybridized carbons (Fsp3) is 0.308. The highest BCUT2D eigenvalue weighted by atomic mass is 16.5. The monoisotopic (exact) mass is 204 g/mol. The molecule has 15 heavy (non-hydrogen) atoms. The van der Waals surface area contributed by atoms with Gasteiger partial charge in [0, 0.05) is 6.08 Å². The van der Waals surface area contributed by atoms with Crippen molar-refractivity contribution in [3.63, 3.8) is 0 Å². The first-order valence-corrected chi connectivity index (χ1v) is 5.11. The molecule has 0 radical (unpaired) electrons. The second-order valence-electron chi connectivity index (χ2n) is 3.51. The molecular formula is C13H16O2. The predicted octanol–water partition coefficient (Wildman–Crippen LogP) is 3.29. The Morgan fingerprint density at radius 1 is 1.60 bits per heavy atom. The molecule has 0 aliphatic carbocycles. The van der Waals surface area contributed by atoms with Crippen LogP contribution < -0.4 is 4.74 Å². The number of ether oxygens (including phenoxy) is 1. The second kappa shape index (κ2) is 5.35. The first-order valence-electron chi connectivity index (χ1n) is 5.11. The number of hydrogen-bond donors (Lipinski definition) is 0. The zero-order valence-electron chi connectivity index (χ0n) is 9.19. The molecule has 1 atom stereocenters. The first-order chi connectivity index (χ1) is 7.17. The van der Waals surface area contributed by atoms with Gasteiger partial charge in [0.15, 0.2) is 0 Å². The fourth-order valence-electron chi connectivity index (χ4n) is 1.28. The van der Waals surface area contributed by atoms with Gasteiger partial charge in [0.05, 0.1) is 0 Å². The Balaban J connectivity index is 2.82. The van der Waals surface area contributed by atoms with Crippen LogP contribution in [0.25, 0.3) is 0 Å². The van der Waals surface area contributed by atoms with E-state index in [9.17, 15) is 4.79 Å². The van der Waals surface area contributed by atoms with Crippen molar-refractivity contribution in [3.05, 3.63) is 42.5 Å². The highest BCUT2D eigenvalue weighted by Gasteiger charge is 2.05. The number of carbonyl (C=O) groups is 1. The van der Waals surface area contributed by atoms with Crippen LogP contribution in [0, 0.1) is 0 Å². The zero-order chi connectivity index (χ0) is 11.3. The molecule has 0 aliphatic rings. The molecule has 0 saturated carbocycles. The van der Waals surface area contributed by atoms with E-state index in [0.29, 0.717) is 11.7 Å². The molecule has 0 N–H and O–H groups in total. The van der Waals surface area contributed by atoms with E-state index >= 15 is 0 Å². The third kappa shape index (κ3) is 3.24. The van der Waals surface area contributed by atoms with Crippen molar-refractivity contribution in [2.24, 2.45) is 0 Å². The van der Waals surface area contributed by atoms with E-state index in [1.54, 1.807) is 6.07 Å². The van der Waals surface area contributed by atoms with Crippen LogP contribution in [0.1, 0.15) is 31.7 Å². The topological polar surface area (TPSA) is 26.3 Å². The van der Waals surface area contributed by atoms with Crippen LogP contribution in [0.2, 0.25) is 0 Å². The molecule has 1 unspecified atom stereocenters.